The lowest BCUT2D eigenvalue weighted by molar-refractivity contribution is -0.119. The number of rotatable bonds is 4. The summed E-state index contributed by atoms with van der Waals surface area (Å²) in [7, 11) is -2.29. The monoisotopic (exact) mass is 281 g/mol. The fraction of sp³-hybridized carbons (Fsp3) is 0.250. The number of sulfonamides is 1. The van der Waals surface area contributed by atoms with E-state index in [2.05, 4.69) is 21.9 Å². The van der Waals surface area contributed by atoms with Crippen molar-refractivity contribution in [2.24, 2.45) is 5.73 Å². The van der Waals surface area contributed by atoms with Crippen LogP contribution in [0.3, 0.4) is 0 Å². The number of carbonyl (C=O) groups is 1. The molecule has 0 aliphatic carbocycles. The Morgan fingerprint density at radius 1 is 1.42 bits per heavy atom. The number of likely N-dealkylation sites (N-methyl/N-ethyl adjacent to an activating group) is 1. The Kier molecular flexibility index (Phi) is 5.51. The molecule has 7 heteroatoms. The minimum absolute atomic E-state index is 0.0558. The molecule has 0 spiro atoms. The number of carbonyl (C=O) groups excluding carboxylic acids is 1. The van der Waals surface area contributed by atoms with Crippen molar-refractivity contribution in [3.05, 3.63) is 29.8 Å². The van der Waals surface area contributed by atoms with Gasteiger partial charge >= 0.3 is 0 Å². The normalized spacial score (nSPS) is 10.4. The summed E-state index contributed by atoms with van der Waals surface area (Å²) in [5.74, 6) is 4.97. The predicted octanol–water partition coefficient (Wildman–Crippen LogP) is -0.979. The molecule has 0 saturated carbocycles. The zero-order valence-corrected chi connectivity index (χ0v) is 11.3. The first-order valence-electron chi connectivity index (χ1n) is 5.49. The molecule has 6 nitrogen and oxygen atoms in total. The largest absolute Gasteiger partial charge is 0.358 e. The van der Waals surface area contributed by atoms with Crippen molar-refractivity contribution in [3.8, 4) is 11.8 Å². The fourth-order valence-corrected chi connectivity index (χ4v) is 2.25. The smallest absolute Gasteiger partial charge is 0.241 e. The molecular formula is C12H15N3O3S. The molecule has 0 aliphatic heterocycles. The van der Waals surface area contributed by atoms with Gasteiger partial charge in [-0.25, -0.2) is 13.1 Å². The number of hydrogen-bond donors (Lipinski definition) is 3. The lowest BCUT2D eigenvalue weighted by atomic mass is 10.2. The first-order valence-corrected chi connectivity index (χ1v) is 6.97. The van der Waals surface area contributed by atoms with Crippen molar-refractivity contribution in [1.82, 2.24) is 10.0 Å². The van der Waals surface area contributed by atoms with E-state index < -0.39 is 15.9 Å². The molecule has 0 aliphatic rings. The zero-order chi connectivity index (χ0) is 14.3. The third-order valence-electron chi connectivity index (χ3n) is 2.18. The Labute approximate surface area is 112 Å². The summed E-state index contributed by atoms with van der Waals surface area (Å²) in [5.41, 5.74) is 5.80. The summed E-state index contributed by atoms with van der Waals surface area (Å²) >= 11 is 0. The fourth-order valence-electron chi connectivity index (χ4n) is 1.23. The molecule has 19 heavy (non-hydrogen) atoms. The van der Waals surface area contributed by atoms with Crippen LogP contribution in [0, 0.1) is 11.8 Å². The molecule has 0 fully saturated rings. The van der Waals surface area contributed by atoms with Crippen LogP contribution in [0.5, 0.6) is 0 Å². The van der Waals surface area contributed by atoms with Crippen molar-refractivity contribution in [2.45, 2.75) is 4.90 Å². The number of nitrogens with two attached hydrogens (primary N) is 1. The topological polar surface area (TPSA) is 101 Å². The molecular weight excluding hydrogens is 266 g/mol. The zero-order valence-electron chi connectivity index (χ0n) is 10.4. The minimum Gasteiger partial charge on any atom is -0.358 e. The van der Waals surface area contributed by atoms with Gasteiger partial charge < -0.3 is 11.1 Å². The van der Waals surface area contributed by atoms with Crippen LogP contribution in [-0.2, 0) is 14.8 Å². The summed E-state index contributed by atoms with van der Waals surface area (Å²) < 4.78 is 26.0. The third-order valence-corrected chi connectivity index (χ3v) is 3.58. The Morgan fingerprint density at radius 3 is 2.79 bits per heavy atom. The molecule has 0 unspecified atom stereocenters. The lowest BCUT2D eigenvalue weighted by Crippen LogP contribution is -2.35. The van der Waals surface area contributed by atoms with Crippen molar-refractivity contribution in [2.75, 3.05) is 20.1 Å². The highest BCUT2D eigenvalue weighted by Gasteiger charge is 2.15. The molecule has 0 atom stereocenters. The Bertz CT molecular complexity index is 615. The van der Waals surface area contributed by atoms with E-state index in [1.165, 1.54) is 19.2 Å². The predicted molar refractivity (Wildman–Crippen MR) is 71.6 cm³/mol. The maximum Gasteiger partial charge on any atom is 0.241 e. The molecule has 1 aromatic carbocycles. The van der Waals surface area contributed by atoms with Gasteiger partial charge in [0.15, 0.2) is 0 Å². The minimum atomic E-state index is -3.72. The van der Waals surface area contributed by atoms with Crippen LogP contribution >= 0.6 is 0 Å². The summed E-state index contributed by atoms with van der Waals surface area (Å²) in [5, 5.41) is 2.33. The maximum atomic E-state index is 11.9. The molecule has 0 saturated heterocycles. The second-order valence-electron chi connectivity index (χ2n) is 3.53. The van der Waals surface area contributed by atoms with Gasteiger partial charge in [0.2, 0.25) is 15.9 Å². The quantitative estimate of drug-likeness (QED) is 0.617. The third kappa shape index (κ3) is 4.71. The van der Waals surface area contributed by atoms with Crippen molar-refractivity contribution < 1.29 is 13.2 Å². The van der Waals surface area contributed by atoms with E-state index >= 15 is 0 Å². The molecule has 1 aromatic rings. The molecule has 4 N–H and O–H groups in total. The van der Waals surface area contributed by atoms with E-state index in [4.69, 9.17) is 5.73 Å². The van der Waals surface area contributed by atoms with Crippen LogP contribution in [0.15, 0.2) is 29.2 Å². The molecule has 0 heterocycles. The van der Waals surface area contributed by atoms with Gasteiger partial charge in [-0.3, -0.25) is 4.79 Å². The average molecular weight is 281 g/mol. The summed E-state index contributed by atoms with van der Waals surface area (Å²) in [6, 6.07) is 6.12. The Hall–Kier alpha value is -1.88. The molecule has 0 bridgehead atoms. The molecule has 1 amide bonds. The molecule has 0 radical (unpaired) electrons. The summed E-state index contributed by atoms with van der Waals surface area (Å²) in [6.07, 6.45) is 0. The standard InChI is InChI=1S/C12H15N3O3S/c1-14-12(16)9-15-19(17,18)11-6-2-4-10(8-11)5-3-7-13/h2,4,6,8,15H,7,9,13H2,1H3,(H,14,16). The van der Waals surface area contributed by atoms with Gasteiger partial charge in [0.25, 0.3) is 0 Å². The van der Waals surface area contributed by atoms with Gasteiger partial charge in [-0.05, 0) is 18.2 Å². The number of nitrogens with one attached hydrogen (secondary N) is 2. The van der Waals surface area contributed by atoms with Crippen LogP contribution in [-0.4, -0.2) is 34.5 Å². The molecule has 0 aromatic heterocycles. The second-order valence-corrected chi connectivity index (χ2v) is 5.30. The average Bonchev–Trinajstić information content (AvgIpc) is 2.43. The van der Waals surface area contributed by atoms with E-state index in [1.807, 2.05) is 0 Å². The highest BCUT2D eigenvalue weighted by molar-refractivity contribution is 7.89. The Balaban J connectivity index is 2.92. The van der Waals surface area contributed by atoms with Crippen LogP contribution in [0.1, 0.15) is 5.56 Å². The van der Waals surface area contributed by atoms with E-state index in [0.717, 1.165) is 0 Å². The van der Waals surface area contributed by atoms with Crippen LogP contribution in [0.2, 0.25) is 0 Å². The number of hydrogen-bond acceptors (Lipinski definition) is 4. The van der Waals surface area contributed by atoms with Gasteiger partial charge in [-0.15, -0.1) is 0 Å². The van der Waals surface area contributed by atoms with E-state index in [0.29, 0.717) is 5.56 Å². The summed E-state index contributed by atoms with van der Waals surface area (Å²) in [6.45, 7) is -0.108. The molecule has 102 valence electrons. The van der Waals surface area contributed by atoms with Gasteiger partial charge in [-0.2, -0.15) is 0 Å². The Morgan fingerprint density at radius 2 is 2.16 bits per heavy atom. The van der Waals surface area contributed by atoms with E-state index in [1.54, 1.807) is 12.1 Å². The van der Waals surface area contributed by atoms with Gasteiger partial charge in [0.05, 0.1) is 18.0 Å². The van der Waals surface area contributed by atoms with Crippen molar-refractivity contribution in [3.63, 3.8) is 0 Å². The van der Waals surface area contributed by atoms with Gasteiger partial charge in [-0.1, -0.05) is 17.9 Å². The second kappa shape index (κ2) is 6.89. The van der Waals surface area contributed by atoms with Gasteiger partial charge in [0, 0.05) is 12.6 Å². The highest BCUT2D eigenvalue weighted by atomic mass is 32.2. The van der Waals surface area contributed by atoms with Crippen LogP contribution in [0.25, 0.3) is 0 Å². The maximum absolute atomic E-state index is 11.9. The van der Waals surface area contributed by atoms with Gasteiger partial charge in [0.1, 0.15) is 0 Å². The summed E-state index contributed by atoms with van der Waals surface area (Å²) in [4.78, 5) is 11.1. The first-order chi connectivity index (χ1) is 8.99. The van der Waals surface area contributed by atoms with Crippen molar-refractivity contribution in [1.29, 1.82) is 0 Å². The van der Waals surface area contributed by atoms with Crippen LogP contribution in [0.4, 0.5) is 0 Å². The SMILES string of the molecule is CNC(=O)CNS(=O)(=O)c1cccc(C#CCN)c1. The van der Waals surface area contributed by atoms with E-state index in [-0.39, 0.29) is 18.0 Å². The van der Waals surface area contributed by atoms with Crippen molar-refractivity contribution >= 4 is 15.9 Å². The van der Waals surface area contributed by atoms with Crippen LogP contribution < -0.4 is 15.8 Å². The van der Waals surface area contributed by atoms with E-state index in [9.17, 15) is 13.2 Å². The lowest BCUT2D eigenvalue weighted by Gasteiger charge is -2.06. The highest BCUT2D eigenvalue weighted by Crippen LogP contribution is 2.10. The number of benzene rings is 1. The number of amides is 1. The molecule has 1 rings (SSSR count). The first kappa shape index (κ1) is 15.2.